The Bertz CT molecular complexity index is 485. The summed E-state index contributed by atoms with van der Waals surface area (Å²) in [4.78, 5) is 6.80. The van der Waals surface area contributed by atoms with Crippen LogP contribution >= 0.6 is 11.6 Å². The van der Waals surface area contributed by atoms with Gasteiger partial charge in [-0.3, -0.25) is 9.89 Å². The first-order valence-electron chi connectivity index (χ1n) is 8.16. The van der Waals surface area contributed by atoms with Crippen molar-refractivity contribution in [2.75, 3.05) is 33.2 Å². The third-order valence-electron chi connectivity index (χ3n) is 3.98. The topological polar surface area (TPSA) is 39.7 Å². The van der Waals surface area contributed by atoms with Crippen LogP contribution in [0.4, 0.5) is 0 Å². The van der Waals surface area contributed by atoms with Gasteiger partial charge >= 0.3 is 0 Å². The summed E-state index contributed by atoms with van der Waals surface area (Å²) in [5.41, 5.74) is 1.24. The van der Waals surface area contributed by atoms with Crippen molar-refractivity contribution in [2.24, 2.45) is 4.99 Å². The molecular formula is C17H27ClN4. The predicted octanol–water partition coefficient (Wildman–Crippen LogP) is 2.53. The molecule has 2 rings (SSSR count). The van der Waals surface area contributed by atoms with Crippen LogP contribution in [0.15, 0.2) is 29.3 Å². The summed E-state index contributed by atoms with van der Waals surface area (Å²) in [5.74, 6) is 0.869. The monoisotopic (exact) mass is 322 g/mol. The molecule has 0 unspecified atom stereocenters. The normalized spacial score (nSPS) is 15.2. The summed E-state index contributed by atoms with van der Waals surface area (Å²) >= 11 is 5.99. The molecule has 22 heavy (non-hydrogen) atoms. The minimum atomic E-state index is 0.791. The maximum atomic E-state index is 5.99. The summed E-state index contributed by atoms with van der Waals surface area (Å²) < 4.78 is 0. The Kier molecular flexibility index (Phi) is 7.00. The molecule has 0 heterocycles. The van der Waals surface area contributed by atoms with Gasteiger partial charge in [-0.1, -0.05) is 30.7 Å². The maximum Gasteiger partial charge on any atom is 0.191 e. The molecule has 5 heteroatoms. The molecule has 0 bridgehead atoms. The van der Waals surface area contributed by atoms with Crippen LogP contribution in [-0.4, -0.2) is 50.1 Å². The Labute approximate surface area is 138 Å². The van der Waals surface area contributed by atoms with Crippen LogP contribution in [-0.2, 0) is 6.42 Å². The fourth-order valence-electron chi connectivity index (χ4n) is 2.59. The molecule has 1 aliphatic rings. The van der Waals surface area contributed by atoms with E-state index in [-0.39, 0.29) is 0 Å². The van der Waals surface area contributed by atoms with Gasteiger partial charge in [-0.15, -0.1) is 0 Å². The lowest BCUT2D eigenvalue weighted by Gasteiger charge is -2.20. The number of aliphatic imine (C=N–C) groups is 1. The number of hydrogen-bond acceptors (Lipinski definition) is 2. The lowest BCUT2D eigenvalue weighted by molar-refractivity contribution is 0.282. The first-order valence-corrected chi connectivity index (χ1v) is 8.53. The van der Waals surface area contributed by atoms with Gasteiger partial charge < -0.3 is 10.6 Å². The van der Waals surface area contributed by atoms with Crippen LogP contribution < -0.4 is 10.6 Å². The van der Waals surface area contributed by atoms with Crippen LogP contribution in [0.5, 0.6) is 0 Å². The molecule has 0 atom stereocenters. The molecule has 1 saturated carbocycles. The second kappa shape index (κ2) is 9.01. The van der Waals surface area contributed by atoms with Crippen molar-refractivity contribution in [3.05, 3.63) is 34.9 Å². The van der Waals surface area contributed by atoms with Crippen molar-refractivity contribution in [2.45, 2.75) is 32.2 Å². The number of likely N-dealkylation sites (N-methyl/N-ethyl adjacent to an activating group) is 1. The van der Waals surface area contributed by atoms with Gasteiger partial charge in [-0.05, 0) is 43.5 Å². The molecule has 0 aliphatic heterocycles. The fraction of sp³-hybridized carbons (Fsp3) is 0.588. The van der Waals surface area contributed by atoms with Crippen molar-refractivity contribution in [3.8, 4) is 0 Å². The number of benzene rings is 1. The third kappa shape index (κ3) is 5.85. The summed E-state index contributed by atoms with van der Waals surface area (Å²) in [5, 5.41) is 7.53. The van der Waals surface area contributed by atoms with Gasteiger partial charge in [-0.2, -0.15) is 0 Å². The molecule has 0 amide bonds. The Morgan fingerprint density at radius 2 is 2.09 bits per heavy atom. The second-order valence-corrected chi connectivity index (χ2v) is 6.10. The van der Waals surface area contributed by atoms with E-state index >= 15 is 0 Å². The van der Waals surface area contributed by atoms with Crippen molar-refractivity contribution < 1.29 is 0 Å². The largest absolute Gasteiger partial charge is 0.356 e. The molecule has 4 nitrogen and oxygen atoms in total. The zero-order valence-corrected chi connectivity index (χ0v) is 14.4. The van der Waals surface area contributed by atoms with Gasteiger partial charge in [-0.25, -0.2) is 0 Å². The SMILES string of the molecule is CCN(CCNC(=NC)NCCc1cccc(Cl)c1)C1CC1. The lowest BCUT2D eigenvalue weighted by atomic mass is 10.1. The van der Waals surface area contributed by atoms with Gasteiger partial charge in [0.15, 0.2) is 5.96 Å². The fourth-order valence-corrected chi connectivity index (χ4v) is 2.81. The van der Waals surface area contributed by atoms with E-state index in [0.29, 0.717) is 0 Å². The van der Waals surface area contributed by atoms with E-state index in [1.807, 2.05) is 25.2 Å². The summed E-state index contributed by atoms with van der Waals surface area (Å²) in [6.07, 6.45) is 3.66. The standard InChI is InChI=1S/C17H27ClN4/c1-3-22(16-7-8-16)12-11-21-17(19-2)20-10-9-14-5-4-6-15(18)13-14/h4-6,13,16H,3,7-12H2,1-2H3,(H2,19,20,21). The molecule has 1 aromatic carbocycles. The average Bonchev–Trinajstić information content (AvgIpc) is 3.34. The van der Waals surface area contributed by atoms with E-state index in [9.17, 15) is 0 Å². The van der Waals surface area contributed by atoms with Crippen LogP contribution in [0.25, 0.3) is 0 Å². The Hall–Kier alpha value is -1.26. The van der Waals surface area contributed by atoms with Gasteiger partial charge in [0, 0.05) is 37.7 Å². The maximum absolute atomic E-state index is 5.99. The summed E-state index contributed by atoms with van der Waals surface area (Å²) in [6.45, 7) is 6.22. The number of nitrogens with one attached hydrogen (secondary N) is 2. The van der Waals surface area contributed by atoms with Crippen molar-refractivity contribution >= 4 is 17.6 Å². The van der Waals surface area contributed by atoms with E-state index < -0.39 is 0 Å². The first kappa shape index (κ1) is 17.1. The highest BCUT2D eigenvalue weighted by atomic mass is 35.5. The molecule has 2 N–H and O–H groups in total. The first-order chi connectivity index (χ1) is 10.7. The quantitative estimate of drug-likeness (QED) is 0.571. The number of guanidine groups is 1. The van der Waals surface area contributed by atoms with E-state index in [1.165, 1.54) is 18.4 Å². The molecule has 1 fully saturated rings. The predicted molar refractivity (Wildman–Crippen MR) is 94.8 cm³/mol. The van der Waals surface area contributed by atoms with Crippen molar-refractivity contribution in [1.29, 1.82) is 0 Å². The highest BCUT2D eigenvalue weighted by Gasteiger charge is 2.27. The number of rotatable bonds is 8. The Morgan fingerprint density at radius 1 is 1.32 bits per heavy atom. The van der Waals surface area contributed by atoms with Crippen molar-refractivity contribution in [1.82, 2.24) is 15.5 Å². The molecule has 122 valence electrons. The third-order valence-corrected chi connectivity index (χ3v) is 4.21. The van der Waals surface area contributed by atoms with Crippen LogP contribution in [0.2, 0.25) is 5.02 Å². The second-order valence-electron chi connectivity index (χ2n) is 5.67. The molecule has 1 aromatic rings. The Balaban J connectivity index is 1.64. The molecule has 0 saturated heterocycles. The zero-order valence-electron chi connectivity index (χ0n) is 13.6. The Morgan fingerprint density at radius 3 is 2.73 bits per heavy atom. The highest BCUT2D eigenvalue weighted by molar-refractivity contribution is 6.30. The minimum Gasteiger partial charge on any atom is -0.356 e. The van der Waals surface area contributed by atoms with Crippen LogP contribution in [0.1, 0.15) is 25.3 Å². The van der Waals surface area contributed by atoms with Crippen molar-refractivity contribution in [3.63, 3.8) is 0 Å². The van der Waals surface area contributed by atoms with E-state index in [1.54, 1.807) is 0 Å². The highest BCUT2D eigenvalue weighted by Crippen LogP contribution is 2.25. The zero-order chi connectivity index (χ0) is 15.8. The van der Waals surface area contributed by atoms with E-state index in [2.05, 4.69) is 33.5 Å². The van der Waals surface area contributed by atoms with Crippen LogP contribution in [0, 0.1) is 0 Å². The lowest BCUT2D eigenvalue weighted by Crippen LogP contribution is -2.42. The number of halogens is 1. The molecule has 0 radical (unpaired) electrons. The number of hydrogen-bond donors (Lipinski definition) is 2. The van der Waals surface area contributed by atoms with Gasteiger partial charge in [0.2, 0.25) is 0 Å². The number of nitrogens with zero attached hydrogens (tertiary/aromatic N) is 2. The van der Waals surface area contributed by atoms with E-state index in [4.69, 9.17) is 11.6 Å². The minimum absolute atomic E-state index is 0.791. The summed E-state index contributed by atoms with van der Waals surface area (Å²) in [6, 6.07) is 8.82. The van der Waals surface area contributed by atoms with Gasteiger partial charge in [0.25, 0.3) is 0 Å². The van der Waals surface area contributed by atoms with Gasteiger partial charge in [0.1, 0.15) is 0 Å². The molecule has 0 aromatic heterocycles. The van der Waals surface area contributed by atoms with E-state index in [0.717, 1.165) is 49.6 Å². The smallest absolute Gasteiger partial charge is 0.191 e. The van der Waals surface area contributed by atoms with Crippen LogP contribution in [0.3, 0.4) is 0 Å². The molecule has 0 spiro atoms. The summed E-state index contributed by atoms with van der Waals surface area (Å²) in [7, 11) is 1.81. The average molecular weight is 323 g/mol. The molecule has 1 aliphatic carbocycles. The van der Waals surface area contributed by atoms with Gasteiger partial charge in [0.05, 0.1) is 0 Å². The molecular weight excluding hydrogens is 296 g/mol.